The molecule has 3 heterocycles. The normalized spacial score (nSPS) is 19.8. The Bertz CT molecular complexity index is 993. The van der Waals surface area contributed by atoms with Gasteiger partial charge in [0.25, 0.3) is 5.91 Å². The quantitative estimate of drug-likeness (QED) is 0.648. The zero-order chi connectivity index (χ0) is 22.7. The van der Waals surface area contributed by atoms with Crippen LogP contribution in [0.2, 0.25) is 0 Å². The molecule has 0 aliphatic carbocycles. The van der Waals surface area contributed by atoms with E-state index >= 15 is 0 Å². The van der Waals surface area contributed by atoms with Gasteiger partial charge in [-0.05, 0) is 62.7 Å². The second-order valence-corrected chi connectivity index (χ2v) is 8.36. The number of aromatic nitrogens is 1. The third-order valence-electron chi connectivity index (χ3n) is 6.24. The van der Waals surface area contributed by atoms with Crippen LogP contribution in [0.5, 0.6) is 0 Å². The van der Waals surface area contributed by atoms with Gasteiger partial charge in [0.15, 0.2) is 0 Å². The lowest BCUT2D eigenvalue weighted by atomic mass is 9.97. The number of nitrogens with zero attached hydrogens (tertiary/aromatic N) is 4. The highest BCUT2D eigenvalue weighted by atomic mass is 19.1. The molecule has 2 aliphatic rings. The Kier molecular flexibility index (Phi) is 6.69. The van der Waals surface area contributed by atoms with Crippen molar-refractivity contribution in [3.05, 3.63) is 59.7 Å². The van der Waals surface area contributed by atoms with Crippen LogP contribution in [0.25, 0.3) is 0 Å². The zero-order valence-corrected chi connectivity index (χ0v) is 18.5. The average molecular weight is 441 g/mol. The first-order valence-corrected chi connectivity index (χ1v) is 11.1. The van der Waals surface area contributed by atoms with Gasteiger partial charge in [-0.3, -0.25) is 14.5 Å². The highest BCUT2D eigenvalue weighted by molar-refractivity contribution is 6.03. The van der Waals surface area contributed by atoms with Crippen LogP contribution < -0.4 is 0 Å². The van der Waals surface area contributed by atoms with Crippen LogP contribution in [-0.4, -0.2) is 58.3 Å². The summed E-state index contributed by atoms with van der Waals surface area (Å²) in [6.45, 7) is 3.79. The smallest absolute Gasteiger partial charge is 0.309 e. The lowest BCUT2D eigenvalue weighted by Crippen LogP contribution is -2.43. The number of esters is 1. The van der Waals surface area contributed by atoms with E-state index in [1.807, 2.05) is 36.9 Å². The number of ether oxygens (including phenoxy) is 1. The van der Waals surface area contributed by atoms with Crippen molar-refractivity contribution >= 4 is 17.6 Å². The number of halogens is 1. The molecule has 0 radical (unpaired) electrons. The van der Waals surface area contributed by atoms with E-state index < -0.39 is 0 Å². The summed E-state index contributed by atoms with van der Waals surface area (Å²) in [5.74, 6) is -0.615. The van der Waals surface area contributed by atoms with Gasteiger partial charge in [-0.15, -0.1) is 0 Å². The van der Waals surface area contributed by atoms with E-state index in [1.165, 1.54) is 12.1 Å². The molecule has 1 fully saturated rings. The molecular formula is C24H29FN4O3. The summed E-state index contributed by atoms with van der Waals surface area (Å²) < 4.78 is 20.5. The number of likely N-dealkylation sites (tertiary alicyclic amines) is 1. The summed E-state index contributed by atoms with van der Waals surface area (Å²) >= 11 is 0. The van der Waals surface area contributed by atoms with E-state index in [0.29, 0.717) is 39.0 Å². The van der Waals surface area contributed by atoms with E-state index in [9.17, 15) is 14.0 Å². The summed E-state index contributed by atoms with van der Waals surface area (Å²) in [5, 5.41) is 6.24. The van der Waals surface area contributed by atoms with E-state index in [2.05, 4.69) is 10.0 Å². The molecule has 32 heavy (non-hydrogen) atoms. The van der Waals surface area contributed by atoms with Crippen LogP contribution in [0.15, 0.2) is 47.7 Å². The summed E-state index contributed by atoms with van der Waals surface area (Å²) in [5.41, 5.74) is 2.59. The minimum Gasteiger partial charge on any atom is -0.466 e. The lowest BCUT2D eigenvalue weighted by molar-refractivity contribution is -0.149. The fraction of sp³-hybridized carbons (Fsp3) is 0.458. The second kappa shape index (κ2) is 9.65. The molecule has 0 spiro atoms. The summed E-state index contributed by atoms with van der Waals surface area (Å²) in [6.07, 6.45) is 3.91. The standard InChI is InChI=1S/C24H29FN4O3/c1-3-32-24(31)18-10-13-28(14-11-18)16-23(30)29-22(21-5-4-12-27(21)2)15-20(26-29)17-6-8-19(25)9-7-17/h4-9,12,18,22H,3,10-11,13-16H2,1-2H3/t22-/m0/s1. The zero-order valence-electron chi connectivity index (χ0n) is 18.5. The van der Waals surface area contributed by atoms with E-state index in [1.54, 1.807) is 17.1 Å². The van der Waals surface area contributed by atoms with Gasteiger partial charge in [-0.1, -0.05) is 12.1 Å². The number of piperidine rings is 1. The van der Waals surface area contributed by atoms with Crippen LogP contribution in [0.1, 0.15) is 43.5 Å². The number of benzene rings is 1. The molecule has 1 aromatic carbocycles. The van der Waals surface area contributed by atoms with Crippen LogP contribution >= 0.6 is 0 Å². The molecule has 0 unspecified atom stereocenters. The highest BCUT2D eigenvalue weighted by Gasteiger charge is 2.36. The van der Waals surface area contributed by atoms with Gasteiger partial charge in [-0.2, -0.15) is 5.10 Å². The number of rotatable bonds is 6. The van der Waals surface area contributed by atoms with E-state index in [-0.39, 0.29) is 36.2 Å². The number of amides is 1. The maximum atomic E-state index is 13.4. The van der Waals surface area contributed by atoms with Crippen molar-refractivity contribution in [3.8, 4) is 0 Å². The topological polar surface area (TPSA) is 67.1 Å². The maximum absolute atomic E-state index is 13.4. The monoisotopic (exact) mass is 440 g/mol. The fourth-order valence-electron chi connectivity index (χ4n) is 4.46. The molecule has 8 heteroatoms. The van der Waals surface area contributed by atoms with Gasteiger partial charge in [0.05, 0.1) is 24.8 Å². The largest absolute Gasteiger partial charge is 0.466 e. The summed E-state index contributed by atoms with van der Waals surface area (Å²) in [4.78, 5) is 27.3. The van der Waals surface area contributed by atoms with Gasteiger partial charge in [0, 0.05) is 25.4 Å². The Hall–Kier alpha value is -3.00. The van der Waals surface area contributed by atoms with Crippen LogP contribution in [0.4, 0.5) is 4.39 Å². The minimum absolute atomic E-state index is 0.0807. The maximum Gasteiger partial charge on any atom is 0.309 e. The summed E-state index contributed by atoms with van der Waals surface area (Å²) in [7, 11) is 1.95. The van der Waals surface area contributed by atoms with Gasteiger partial charge in [0.1, 0.15) is 11.9 Å². The second-order valence-electron chi connectivity index (χ2n) is 8.36. The first kappa shape index (κ1) is 22.2. The molecule has 0 N–H and O–H groups in total. The first-order valence-electron chi connectivity index (χ1n) is 11.1. The number of carbonyl (C=O) groups is 2. The van der Waals surface area contributed by atoms with Crippen molar-refractivity contribution in [2.75, 3.05) is 26.2 Å². The van der Waals surface area contributed by atoms with Crippen molar-refractivity contribution in [2.24, 2.45) is 18.1 Å². The first-order chi connectivity index (χ1) is 15.5. The number of carbonyl (C=O) groups excluding carboxylic acids is 2. The Labute approximate surface area is 187 Å². The van der Waals surface area contributed by atoms with E-state index in [0.717, 1.165) is 17.0 Å². The molecular weight excluding hydrogens is 411 g/mol. The SMILES string of the molecule is CCOC(=O)C1CCN(CC(=O)N2N=C(c3ccc(F)cc3)C[C@H]2c2cccn2C)CC1. The lowest BCUT2D eigenvalue weighted by Gasteiger charge is -2.31. The molecule has 0 bridgehead atoms. The fourth-order valence-corrected chi connectivity index (χ4v) is 4.46. The van der Waals surface area contributed by atoms with Crippen molar-refractivity contribution < 1.29 is 18.7 Å². The molecule has 2 aliphatic heterocycles. The van der Waals surface area contributed by atoms with E-state index in [4.69, 9.17) is 4.74 Å². The van der Waals surface area contributed by atoms with Gasteiger partial charge in [0.2, 0.25) is 0 Å². The summed E-state index contributed by atoms with van der Waals surface area (Å²) in [6, 6.07) is 9.96. The predicted octanol–water partition coefficient (Wildman–Crippen LogP) is 3.12. The van der Waals surface area contributed by atoms with Crippen LogP contribution in [0.3, 0.4) is 0 Å². The van der Waals surface area contributed by atoms with Gasteiger partial charge < -0.3 is 9.30 Å². The highest BCUT2D eigenvalue weighted by Crippen LogP contribution is 2.33. The van der Waals surface area contributed by atoms with Crippen LogP contribution in [-0.2, 0) is 21.4 Å². The van der Waals surface area contributed by atoms with Crippen molar-refractivity contribution in [1.29, 1.82) is 0 Å². The number of hydrogen-bond acceptors (Lipinski definition) is 5. The third-order valence-corrected chi connectivity index (χ3v) is 6.24. The number of hydrogen-bond donors (Lipinski definition) is 0. The Morgan fingerprint density at radius 3 is 2.50 bits per heavy atom. The Morgan fingerprint density at radius 1 is 1.16 bits per heavy atom. The third kappa shape index (κ3) is 4.75. The molecule has 1 saturated heterocycles. The van der Waals surface area contributed by atoms with Crippen LogP contribution in [0, 0.1) is 11.7 Å². The molecule has 1 amide bonds. The molecule has 170 valence electrons. The molecule has 0 saturated carbocycles. The van der Waals surface area contributed by atoms with Gasteiger partial charge >= 0.3 is 5.97 Å². The minimum atomic E-state index is -0.300. The number of hydrazone groups is 1. The predicted molar refractivity (Wildman–Crippen MR) is 118 cm³/mol. The molecule has 7 nitrogen and oxygen atoms in total. The van der Waals surface area contributed by atoms with Crippen molar-refractivity contribution in [2.45, 2.75) is 32.2 Å². The van der Waals surface area contributed by atoms with Gasteiger partial charge in [-0.25, -0.2) is 9.40 Å². The molecule has 1 aromatic heterocycles. The number of aryl methyl sites for hydroxylation is 1. The van der Waals surface area contributed by atoms with Crippen molar-refractivity contribution in [1.82, 2.24) is 14.5 Å². The average Bonchev–Trinajstić information content (AvgIpc) is 3.41. The molecule has 2 aromatic rings. The van der Waals surface area contributed by atoms with Crippen molar-refractivity contribution in [3.63, 3.8) is 0 Å². The molecule has 1 atom stereocenters. The Morgan fingerprint density at radius 2 is 1.88 bits per heavy atom. The Balaban J connectivity index is 1.47. The molecule has 4 rings (SSSR count).